The van der Waals surface area contributed by atoms with Gasteiger partial charge < -0.3 is 5.73 Å². The van der Waals surface area contributed by atoms with Crippen molar-refractivity contribution in [2.24, 2.45) is 0 Å². The fraction of sp³-hybridized carbons (Fsp3) is 0.143. The Balaban J connectivity index is 2.47. The van der Waals surface area contributed by atoms with E-state index in [1.165, 1.54) is 16.4 Å². The minimum absolute atomic E-state index is 0.202. The van der Waals surface area contributed by atoms with Crippen LogP contribution in [-0.4, -0.2) is 15.0 Å². The fourth-order valence-corrected chi connectivity index (χ4v) is 3.54. The highest BCUT2D eigenvalue weighted by atomic mass is 35.5. The molecule has 0 aliphatic heterocycles. The Bertz CT molecular complexity index is 699. The number of nitrogens with zero attached hydrogens (tertiary/aromatic N) is 1. The van der Waals surface area contributed by atoms with Crippen LogP contribution in [0.1, 0.15) is 6.92 Å². The molecule has 0 aromatic heterocycles. The molecule has 0 saturated heterocycles. The number of rotatable bonds is 4. The summed E-state index contributed by atoms with van der Waals surface area (Å²) in [5.74, 6) is 0. The maximum atomic E-state index is 12.6. The Hall–Kier alpha value is -1.72. The van der Waals surface area contributed by atoms with Crippen molar-refractivity contribution in [1.29, 1.82) is 0 Å². The molecule has 0 heterocycles. The van der Waals surface area contributed by atoms with Gasteiger partial charge >= 0.3 is 0 Å². The van der Waals surface area contributed by atoms with Crippen LogP contribution in [0.2, 0.25) is 5.02 Å². The second-order valence-electron chi connectivity index (χ2n) is 4.22. The molecular weight excluding hydrogens is 296 g/mol. The normalized spacial score (nSPS) is 11.3. The summed E-state index contributed by atoms with van der Waals surface area (Å²) in [6.45, 7) is 2.09. The zero-order valence-corrected chi connectivity index (χ0v) is 12.5. The highest BCUT2D eigenvalue weighted by Gasteiger charge is 2.23. The number of benzene rings is 2. The third-order valence-electron chi connectivity index (χ3n) is 2.85. The molecule has 0 saturated carbocycles. The first-order valence-electron chi connectivity index (χ1n) is 6.09. The van der Waals surface area contributed by atoms with Gasteiger partial charge in [0.05, 0.1) is 10.6 Å². The van der Waals surface area contributed by atoms with E-state index in [9.17, 15) is 8.42 Å². The van der Waals surface area contributed by atoms with Gasteiger partial charge in [0.15, 0.2) is 0 Å². The summed E-state index contributed by atoms with van der Waals surface area (Å²) < 4.78 is 26.6. The van der Waals surface area contributed by atoms with Gasteiger partial charge in [-0.2, -0.15) is 0 Å². The van der Waals surface area contributed by atoms with E-state index < -0.39 is 10.0 Å². The smallest absolute Gasteiger partial charge is 0.264 e. The van der Waals surface area contributed by atoms with Gasteiger partial charge in [-0.15, -0.1) is 0 Å². The largest absolute Gasteiger partial charge is 0.399 e. The van der Waals surface area contributed by atoms with Gasteiger partial charge in [-0.1, -0.05) is 17.7 Å². The van der Waals surface area contributed by atoms with Crippen LogP contribution in [-0.2, 0) is 10.0 Å². The quantitative estimate of drug-likeness (QED) is 0.882. The fourth-order valence-electron chi connectivity index (χ4n) is 1.89. The molecule has 2 aromatic rings. The van der Waals surface area contributed by atoms with Crippen LogP contribution in [0, 0.1) is 0 Å². The minimum Gasteiger partial charge on any atom is -0.399 e. The lowest BCUT2D eigenvalue weighted by Gasteiger charge is -2.23. The van der Waals surface area contributed by atoms with E-state index in [-0.39, 0.29) is 4.90 Å². The Labute approximate surface area is 123 Å². The van der Waals surface area contributed by atoms with E-state index in [0.717, 1.165) is 0 Å². The lowest BCUT2D eigenvalue weighted by molar-refractivity contribution is 0.592. The molecule has 0 radical (unpaired) electrons. The zero-order valence-electron chi connectivity index (χ0n) is 11.0. The summed E-state index contributed by atoms with van der Waals surface area (Å²) in [7, 11) is -3.62. The maximum Gasteiger partial charge on any atom is 0.264 e. The van der Waals surface area contributed by atoms with E-state index in [2.05, 4.69) is 0 Å². The van der Waals surface area contributed by atoms with Crippen molar-refractivity contribution in [2.45, 2.75) is 11.8 Å². The van der Waals surface area contributed by atoms with E-state index in [1.807, 2.05) is 0 Å². The third kappa shape index (κ3) is 2.89. The molecule has 4 nitrogen and oxygen atoms in total. The van der Waals surface area contributed by atoms with Gasteiger partial charge in [-0.3, -0.25) is 4.31 Å². The molecule has 0 amide bonds. The molecule has 0 bridgehead atoms. The summed E-state index contributed by atoms with van der Waals surface area (Å²) in [6, 6.07) is 12.9. The van der Waals surface area contributed by atoms with Gasteiger partial charge in [0, 0.05) is 17.3 Å². The zero-order chi connectivity index (χ0) is 14.8. The third-order valence-corrected chi connectivity index (χ3v) is 5.00. The van der Waals surface area contributed by atoms with Gasteiger partial charge in [-0.25, -0.2) is 8.42 Å². The molecule has 0 atom stereocenters. The first kappa shape index (κ1) is 14.7. The number of sulfonamides is 1. The highest BCUT2D eigenvalue weighted by Crippen LogP contribution is 2.26. The molecule has 0 aliphatic rings. The molecule has 0 spiro atoms. The summed E-state index contributed by atoms with van der Waals surface area (Å²) in [5, 5.41) is 0.494. The number of hydrogen-bond donors (Lipinski definition) is 1. The lowest BCUT2D eigenvalue weighted by atomic mass is 10.3. The van der Waals surface area contributed by atoms with Gasteiger partial charge in [-0.05, 0) is 49.4 Å². The van der Waals surface area contributed by atoms with Gasteiger partial charge in [0.25, 0.3) is 10.0 Å². The van der Waals surface area contributed by atoms with Crippen molar-refractivity contribution in [3.63, 3.8) is 0 Å². The molecular formula is C14H15ClN2O2S. The Morgan fingerprint density at radius 2 is 1.80 bits per heavy atom. The molecule has 2 N–H and O–H groups in total. The molecule has 0 fully saturated rings. The summed E-state index contributed by atoms with van der Waals surface area (Å²) in [6.07, 6.45) is 0. The number of halogens is 1. The van der Waals surface area contributed by atoms with E-state index in [0.29, 0.717) is 22.9 Å². The van der Waals surface area contributed by atoms with Gasteiger partial charge in [0.2, 0.25) is 0 Å². The Morgan fingerprint density at radius 1 is 1.15 bits per heavy atom. The molecule has 6 heteroatoms. The van der Waals surface area contributed by atoms with Crippen LogP contribution in [0.25, 0.3) is 0 Å². The van der Waals surface area contributed by atoms with Crippen molar-refractivity contribution < 1.29 is 8.42 Å². The van der Waals surface area contributed by atoms with Crippen molar-refractivity contribution in [3.8, 4) is 0 Å². The van der Waals surface area contributed by atoms with Crippen LogP contribution >= 0.6 is 11.6 Å². The highest BCUT2D eigenvalue weighted by molar-refractivity contribution is 7.92. The van der Waals surface area contributed by atoms with Crippen LogP contribution in [0.3, 0.4) is 0 Å². The number of hydrogen-bond acceptors (Lipinski definition) is 3. The predicted octanol–water partition coefficient (Wildman–Crippen LogP) is 3.14. The monoisotopic (exact) mass is 310 g/mol. The Morgan fingerprint density at radius 3 is 2.35 bits per heavy atom. The number of nitrogens with two attached hydrogens (primary N) is 1. The SMILES string of the molecule is CCN(c1cccc(Cl)c1)S(=O)(=O)c1ccc(N)cc1. The van der Waals surface area contributed by atoms with Crippen LogP contribution < -0.4 is 10.0 Å². The first-order chi connectivity index (χ1) is 9.45. The molecule has 0 unspecified atom stereocenters. The number of nitrogen functional groups attached to an aromatic ring is 1. The molecule has 106 valence electrons. The second-order valence-corrected chi connectivity index (χ2v) is 6.52. The average Bonchev–Trinajstić information content (AvgIpc) is 2.40. The number of anilines is 2. The predicted molar refractivity (Wildman–Crippen MR) is 82.5 cm³/mol. The van der Waals surface area contributed by atoms with E-state index in [1.54, 1.807) is 43.3 Å². The Kier molecular flexibility index (Phi) is 4.20. The standard InChI is InChI=1S/C14H15ClN2O2S/c1-2-17(13-5-3-4-11(15)10-13)20(18,19)14-8-6-12(16)7-9-14/h3-10H,2,16H2,1H3. The van der Waals surface area contributed by atoms with E-state index in [4.69, 9.17) is 17.3 Å². The summed E-state index contributed by atoms with van der Waals surface area (Å²) in [4.78, 5) is 0.202. The van der Waals surface area contributed by atoms with Crippen molar-refractivity contribution in [1.82, 2.24) is 0 Å². The second kappa shape index (κ2) is 5.73. The van der Waals surface area contributed by atoms with Crippen molar-refractivity contribution in [2.75, 3.05) is 16.6 Å². The molecule has 2 aromatic carbocycles. The minimum atomic E-state index is -3.62. The van der Waals surface area contributed by atoms with Gasteiger partial charge in [0.1, 0.15) is 0 Å². The molecule has 20 heavy (non-hydrogen) atoms. The van der Waals surface area contributed by atoms with Crippen LogP contribution in [0.4, 0.5) is 11.4 Å². The van der Waals surface area contributed by atoms with Crippen molar-refractivity contribution >= 4 is 33.0 Å². The van der Waals surface area contributed by atoms with Crippen LogP contribution in [0.5, 0.6) is 0 Å². The van der Waals surface area contributed by atoms with Crippen LogP contribution in [0.15, 0.2) is 53.4 Å². The molecule has 2 rings (SSSR count). The maximum absolute atomic E-state index is 12.6. The summed E-state index contributed by atoms with van der Waals surface area (Å²) in [5.41, 5.74) is 6.65. The lowest BCUT2D eigenvalue weighted by Crippen LogP contribution is -2.30. The summed E-state index contributed by atoms with van der Waals surface area (Å²) >= 11 is 5.92. The van der Waals surface area contributed by atoms with E-state index >= 15 is 0 Å². The topological polar surface area (TPSA) is 63.4 Å². The molecule has 0 aliphatic carbocycles. The first-order valence-corrected chi connectivity index (χ1v) is 7.91. The van der Waals surface area contributed by atoms with Crippen molar-refractivity contribution in [3.05, 3.63) is 53.6 Å². The average molecular weight is 311 g/mol.